The molecule has 0 saturated carbocycles. The summed E-state index contributed by atoms with van der Waals surface area (Å²) in [5.74, 6) is -1.46. The summed E-state index contributed by atoms with van der Waals surface area (Å²) in [6.07, 6.45) is 1.64. The standard InChI is InChI=1S/C14H12F2N2OS/c15-10-4-5-13(12(16)7-10)20-9-14(19)18-8-11-3-1-2-6-17-11/h1-7H,8-9H2,(H,18,19). The molecule has 6 heteroatoms. The molecular weight excluding hydrogens is 282 g/mol. The van der Waals surface area contributed by atoms with E-state index in [0.29, 0.717) is 6.54 Å². The first-order valence-electron chi connectivity index (χ1n) is 5.89. The number of rotatable bonds is 5. The molecule has 0 aliphatic heterocycles. The van der Waals surface area contributed by atoms with Gasteiger partial charge in [-0.3, -0.25) is 9.78 Å². The number of halogens is 2. The van der Waals surface area contributed by atoms with Crippen LogP contribution >= 0.6 is 11.8 Å². The van der Waals surface area contributed by atoms with Crippen LogP contribution in [0.2, 0.25) is 0 Å². The minimum Gasteiger partial charge on any atom is -0.350 e. The predicted molar refractivity (Wildman–Crippen MR) is 73.2 cm³/mol. The third-order valence-corrected chi connectivity index (χ3v) is 3.49. The highest BCUT2D eigenvalue weighted by Crippen LogP contribution is 2.21. The van der Waals surface area contributed by atoms with Crippen LogP contribution in [0.15, 0.2) is 47.5 Å². The largest absolute Gasteiger partial charge is 0.350 e. The van der Waals surface area contributed by atoms with Gasteiger partial charge in [0.25, 0.3) is 0 Å². The highest BCUT2D eigenvalue weighted by atomic mass is 32.2. The van der Waals surface area contributed by atoms with Crippen LogP contribution in [0.5, 0.6) is 0 Å². The number of nitrogens with one attached hydrogen (secondary N) is 1. The Morgan fingerprint density at radius 2 is 2.10 bits per heavy atom. The average Bonchev–Trinajstić information content (AvgIpc) is 2.45. The molecule has 1 aromatic heterocycles. The number of nitrogens with zero attached hydrogens (tertiary/aromatic N) is 1. The van der Waals surface area contributed by atoms with E-state index < -0.39 is 11.6 Å². The van der Waals surface area contributed by atoms with Crippen molar-refractivity contribution in [2.75, 3.05) is 5.75 Å². The van der Waals surface area contributed by atoms with Gasteiger partial charge in [-0.2, -0.15) is 0 Å². The van der Waals surface area contributed by atoms with E-state index in [2.05, 4.69) is 10.3 Å². The zero-order valence-electron chi connectivity index (χ0n) is 10.5. The molecule has 0 bridgehead atoms. The van der Waals surface area contributed by atoms with Crippen LogP contribution in [0.3, 0.4) is 0 Å². The van der Waals surface area contributed by atoms with Gasteiger partial charge in [0, 0.05) is 17.2 Å². The maximum absolute atomic E-state index is 13.3. The molecule has 0 radical (unpaired) electrons. The summed E-state index contributed by atoms with van der Waals surface area (Å²) >= 11 is 1.02. The molecule has 0 aliphatic rings. The maximum atomic E-state index is 13.3. The lowest BCUT2D eigenvalue weighted by Crippen LogP contribution is -2.25. The topological polar surface area (TPSA) is 42.0 Å². The third kappa shape index (κ3) is 4.31. The van der Waals surface area contributed by atoms with Crippen molar-refractivity contribution in [3.05, 3.63) is 59.9 Å². The third-order valence-electron chi connectivity index (χ3n) is 2.45. The summed E-state index contributed by atoms with van der Waals surface area (Å²) in [4.78, 5) is 15.9. The molecule has 0 saturated heterocycles. The van der Waals surface area contributed by atoms with Crippen molar-refractivity contribution in [2.24, 2.45) is 0 Å². The van der Waals surface area contributed by atoms with Crippen molar-refractivity contribution in [1.82, 2.24) is 10.3 Å². The molecule has 1 N–H and O–H groups in total. The first-order chi connectivity index (χ1) is 9.65. The van der Waals surface area contributed by atoms with Crippen molar-refractivity contribution in [2.45, 2.75) is 11.4 Å². The van der Waals surface area contributed by atoms with E-state index in [-0.39, 0.29) is 16.6 Å². The summed E-state index contributed by atoms with van der Waals surface area (Å²) in [7, 11) is 0. The van der Waals surface area contributed by atoms with Gasteiger partial charge in [0.15, 0.2) is 0 Å². The van der Waals surface area contributed by atoms with E-state index >= 15 is 0 Å². The predicted octanol–water partition coefficient (Wildman–Crippen LogP) is 2.77. The molecule has 1 aromatic carbocycles. The Kier molecular flexibility index (Phi) is 5.06. The van der Waals surface area contributed by atoms with E-state index in [1.165, 1.54) is 6.07 Å². The molecule has 0 atom stereocenters. The van der Waals surface area contributed by atoms with Crippen LogP contribution in [0, 0.1) is 11.6 Å². The zero-order chi connectivity index (χ0) is 14.4. The molecule has 1 amide bonds. The number of hydrogen-bond acceptors (Lipinski definition) is 3. The number of aromatic nitrogens is 1. The minimum atomic E-state index is -0.660. The minimum absolute atomic E-state index is 0.0649. The van der Waals surface area contributed by atoms with Gasteiger partial charge in [0.1, 0.15) is 11.6 Å². The van der Waals surface area contributed by atoms with Crippen LogP contribution in [-0.2, 0) is 11.3 Å². The molecule has 104 valence electrons. The normalized spacial score (nSPS) is 10.3. The Balaban J connectivity index is 1.80. The molecule has 3 nitrogen and oxygen atoms in total. The van der Waals surface area contributed by atoms with Crippen molar-refractivity contribution < 1.29 is 13.6 Å². The number of pyridine rings is 1. The Hall–Kier alpha value is -1.95. The number of benzene rings is 1. The van der Waals surface area contributed by atoms with Crippen molar-refractivity contribution in [1.29, 1.82) is 0 Å². The Morgan fingerprint density at radius 1 is 1.25 bits per heavy atom. The summed E-state index contributed by atoms with van der Waals surface area (Å²) in [6, 6.07) is 8.70. The molecule has 20 heavy (non-hydrogen) atoms. The molecule has 1 heterocycles. The molecule has 0 aliphatic carbocycles. The van der Waals surface area contributed by atoms with Crippen LogP contribution < -0.4 is 5.32 Å². The van der Waals surface area contributed by atoms with Crippen LogP contribution in [-0.4, -0.2) is 16.6 Å². The SMILES string of the molecule is O=C(CSc1ccc(F)cc1F)NCc1ccccn1. The number of thioether (sulfide) groups is 1. The van der Waals surface area contributed by atoms with Gasteiger partial charge in [-0.05, 0) is 24.3 Å². The lowest BCUT2D eigenvalue weighted by atomic mass is 10.3. The fourth-order valence-electron chi connectivity index (χ4n) is 1.48. The van der Waals surface area contributed by atoms with Gasteiger partial charge in [-0.15, -0.1) is 11.8 Å². The second-order valence-electron chi connectivity index (χ2n) is 3.96. The molecule has 2 aromatic rings. The number of carbonyl (C=O) groups excluding carboxylic acids is 1. The average molecular weight is 294 g/mol. The number of hydrogen-bond donors (Lipinski definition) is 1. The molecule has 0 unspecified atom stereocenters. The number of amides is 1. The summed E-state index contributed by atoms with van der Waals surface area (Å²) in [5.41, 5.74) is 0.749. The Bertz CT molecular complexity index is 593. The van der Waals surface area contributed by atoms with Gasteiger partial charge >= 0.3 is 0 Å². The number of carbonyl (C=O) groups is 1. The fraction of sp³-hybridized carbons (Fsp3) is 0.143. The van der Waals surface area contributed by atoms with E-state index in [1.807, 2.05) is 6.07 Å². The van der Waals surface area contributed by atoms with Gasteiger partial charge < -0.3 is 5.32 Å². The maximum Gasteiger partial charge on any atom is 0.230 e. The monoisotopic (exact) mass is 294 g/mol. The van der Waals surface area contributed by atoms with Crippen LogP contribution in [0.4, 0.5) is 8.78 Å². The quantitative estimate of drug-likeness (QED) is 0.862. The summed E-state index contributed by atoms with van der Waals surface area (Å²) in [5, 5.41) is 2.68. The van der Waals surface area contributed by atoms with Crippen LogP contribution in [0.25, 0.3) is 0 Å². The molecule has 2 rings (SSSR count). The van der Waals surface area contributed by atoms with E-state index in [9.17, 15) is 13.6 Å². The van der Waals surface area contributed by atoms with Gasteiger partial charge in [-0.25, -0.2) is 8.78 Å². The van der Waals surface area contributed by atoms with Gasteiger partial charge in [-0.1, -0.05) is 6.07 Å². The lowest BCUT2D eigenvalue weighted by Gasteiger charge is -2.05. The van der Waals surface area contributed by atoms with Crippen molar-refractivity contribution >= 4 is 17.7 Å². The molecular formula is C14H12F2N2OS. The second kappa shape index (κ2) is 7.00. The van der Waals surface area contributed by atoms with E-state index in [4.69, 9.17) is 0 Å². The molecule has 0 spiro atoms. The summed E-state index contributed by atoms with van der Waals surface area (Å²) < 4.78 is 26.1. The highest BCUT2D eigenvalue weighted by Gasteiger charge is 2.07. The van der Waals surface area contributed by atoms with Crippen molar-refractivity contribution in [3.8, 4) is 0 Å². The highest BCUT2D eigenvalue weighted by molar-refractivity contribution is 8.00. The van der Waals surface area contributed by atoms with Crippen molar-refractivity contribution in [3.63, 3.8) is 0 Å². The lowest BCUT2D eigenvalue weighted by molar-refractivity contribution is -0.118. The Labute approximate surface area is 119 Å². The summed E-state index contributed by atoms with van der Waals surface area (Å²) in [6.45, 7) is 0.326. The fourth-order valence-corrected chi connectivity index (χ4v) is 2.23. The van der Waals surface area contributed by atoms with E-state index in [0.717, 1.165) is 29.6 Å². The van der Waals surface area contributed by atoms with Gasteiger partial charge in [0.05, 0.1) is 18.0 Å². The first kappa shape index (κ1) is 14.5. The smallest absolute Gasteiger partial charge is 0.230 e. The van der Waals surface area contributed by atoms with E-state index in [1.54, 1.807) is 18.3 Å². The van der Waals surface area contributed by atoms with Crippen LogP contribution in [0.1, 0.15) is 5.69 Å². The zero-order valence-corrected chi connectivity index (χ0v) is 11.3. The van der Waals surface area contributed by atoms with Gasteiger partial charge in [0.2, 0.25) is 5.91 Å². The Morgan fingerprint density at radius 3 is 2.80 bits per heavy atom. The first-order valence-corrected chi connectivity index (χ1v) is 6.88. The second-order valence-corrected chi connectivity index (χ2v) is 4.98. The molecule has 0 fully saturated rings.